The Labute approximate surface area is 142 Å². The third-order valence-corrected chi connectivity index (χ3v) is 7.03. The summed E-state index contributed by atoms with van der Waals surface area (Å²) in [6, 6.07) is 0.747. The van der Waals surface area contributed by atoms with E-state index in [1.165, 1.54) is 0 Å². The Hall–Kier alpha value is -0.733. The second kappa shape index (κ2) is 9.54. The first-order chi connectivity index (χ1) is 10.5. The molecule has 0 aromatic heterocycles. The molecule has 0 bridgehead atoms. The van der Waals surface area contributed by atoms with Gasteiger partial charge in [-0.25, -0.2) is 0 Å². The fraction of sp³-hybridized carbons (Fsp3) is 0.812. The lowest BCUT2D eigenvalue weighted by Gasteiger charge is -2.41. The van der Waals surface area contributed by atoms with Gasteiger partial charge >= 0.3 is 8.80 Å². The van der Waals surface area contributed by atoms with E-state index in [-0.39, 0.29) is 12.1 Å². The van der Waals surface area contributed by atoms with E-state index < -0.39 is 8.80 Å². The van der Waals surface area contributed by atoms with Crippen LogP contribution in [0, 0.1) is 5.92 Å². The van der Waals surface area contributed by atoms with Gasteiger partial charge in [0.1, 0.15) is 0 Å². The van der Waals surface area contributed by atoms with Crippen LogP contribution >= 0.6 is 0 Å². The Morgan fingerprint density at radius 3 is 2.00 bits per heavy atom. The van der Waals surface area contributed by atoms with Crippen LogP contribution in [0.5, 0.6) is 0 Å². The van der Waals surface area contributed by atoms with Crippen LogP contribution in [0.25, 0.3) is 0 Å². The molecule has 1 unspecified atom stereocenters. The van der Waals surface area contributed by atoms with E-state index in [9.17, 15) is 4.79 Å². The van der Waals surface area contributed by atoms with E-state index in [2.05, 4.69) is 39.8 Å². The van der Waals surface area contributed by atoms with Gasteiger partial charge in [0.25, 0.3) is 5.91 Å². The molecule has 0 spiro atoms. The minimum Gasteiger partial charge on any atom is -0.377 e. The van der Waals surface area contributed by atoms with Crippen molar-refractivity contribution in [2.75, 3.05) is 42.0 Å². The van der Waals surface area contributed by atoms with E-state index in [1.54, 1.807) is 28.3 Å². The third kappa shape index (κ3) is 6.72. The van der Waals surface area contributed by atoms with Crippen LogP contribution in [0.2, 0.25) is 6.04 Å². The first-order valence-corrected chi connectivity index (χ1v) is 9.93. The molecule has 0 aromatic carbocycles. The van der Waals surface area contributed by atoms with Gasteiger partial charge in [-0.2, -0.15) is 0 Å². The zero-order valence-electron chi connectivity index (χ0n) is 16.1. The highest BCUT2D eigenvalue weighted by Gasteiger charge is 2.39. The average Bonchev–Trinajstić information content (AvgIpc) is 2.48. The quantitative estimate of drug-likeness (QED) is 0.269. The monoisotopic (exact) mass is 347 g/mol. The average molecular weight is 348 g/mol. The van der Waals surface area contributed by atoms with Crippen molar-refractivity contribution in [2.45, 2.75) is 39.4 Å². The summed E-state index contributed by atoms with van der Waals surface area (Å²) < 4.78 is 17.1. The van der Waals surface area contributed by atoms with Crippen molar-refractivity contribution < 1.29 is 22.6 Å². The summed E-state index contributed by atoms with van der Waals surface area (Å²) in [5.41, 5.74) is 0.528. The molecule has 6 nitrogen and oxygen atoms in total. The van der Waals surface area contributed by atoms with Crippen molar-refractivity contribution >= 4 is 14.7 Å². The Morgan fingerprint density at radius 2 is 1.65 bits per heavy atom. The van der Waals surface area contributed by atoms with Gasteiger partial charge in [-0.15, -0.1) is 0 Å². The summed E-state index contributed by atoms with van der Waals surface area (Å²) in [4.78, 5) is 12.0. The van der Waals surface area contributed by atoms with Gasteiger partial charge in [0.05, 0.1) is 20.6 Å². The minimum absolute atomic E-state index is 0.0166. The van der Waals surface area contributed by atoms with Crippen molar-refractivity contribution in [3.63, 3.8) is 0 Å². The second-order valence-electron chi connectivity index (χ2n) is 6.84. The molecule has 1 atom stereocenters. The molecule has 1 N–H and O–H groups in total. The lowest BCUT2D eigenvalue weighted by molar-refractivity contribution is -0.920. The van der Waals surface area contributed by atoms with Crippen LogP contribution in [-0.2, 0) is 18.1 Å². The molecule has 136 valence electrons. The van der Waals surface area contributed by atoms with Crippen molar-refractivity contribution in [3.8, 4) is 0 Å². The van der Waals surface area contributed by atoms with E-state index in [0.29, 0.717) is 16.0 Å². The SMILES string of the molecule is C=C(C)C(=O)NC(C(C)C)[N+](C)(C)CCC[Si](OC)(OC)OC. The van der Waals surface area contributed by atoms with Gasteiger partial charge in [-0.05, 0) is 6.92 Å². The van der Waals surface area contributed by atoms with Crippen molar-refractivity contribution in [3.05, 3.63) is 12.2 Å². The molecule has 0 saturated heterocycles. The molecule has 7 heteroatoms. The zero-order chi connectivity index (χ0) is 18.3. The number of rotatable bonds is 11. The summed E-state index contributed by atoms with van der Waals surface area (Å²) in [6.45, 7) is 10.5. The lowest BCUT2D eigenvalue weighted by atomic mass is 10.1. The van der Waals surface area contributed by atoms with Crippen LogP contribution in [0.15, 0.2) is 12.2 Å². The largest absolute Gasteiger partial charge is 0.500 e. The zero-order valence-corrected chi connectivity index (χ0v) is 17.1. The molecule has 0 aliphatic carbocycles. The van der Waals surface area contributed by atoms with Gasteiger partial charge in [0.15, 0.2) is 6.17 Å². The highest BCUT2D eigenvalue weighted by atomic mass is 28.4. The van der Waals surface area contributed by atoms with Crippen molar-refractivity contribution in [1.29, 1.82) is 0 Å². The number of amides is 1. The number of hydrogen-bond acceptors (Lipinski definition) is 4. The number of quaternary nitrogens is 1. The molecule has 23 heavy (non-hydrogen) atoms. The third-order valence-electron chi connectivity index (χ3n) is 4.20. The van der Waals surface area contributed by atoms with Gasteiger partial charge < -0.3 is 23.1 Å². The van der Waals surface area contributed by atoms with Crippen molar-refractivity contribution in [1.82, 2.24) is 5.32 Å². The summed E-state index contributed by atoms with van der Waals surface area (Å²) in [5.74, 6) is 0.215. The normalized spacial score (nSPS) is 14.0. The van der Waals surface area contributed by atoms with Crippen LogP contribution < -0.4 is 5.32 Å². The maximum absolute atomic E-state index is 12.0. The minimum atomic E-state index is -2.54. The molecule has 0 aliphatic heterocycles. The van der Waals surface area contributed by atoms with Gasteiger partial charge in [-0.1, -0.05) is 20.4 Å². The molecule has 0 saturated carbocycles. The van der Waals surface area contributed by atoms with Gasteiger partial charge in [0.2, 0.25) is 0 Å². The highest BCUT2D eigenvalue weighted by Crippen LogP contribution is 2.20. The predicted molar refractivity (Wildman–Crippen MR) is 94.8 cm³/mol. The Morgan fingerprint density at radius 1 is 1.17 bits per heavy atom. The van der Waals surface area contributed by atoms with Gasteiger partial charge in [0, 0.05) is 45.3 Å². The lowest BCUT2D eigenvalue weighted by Crippen LogP contribution is -2.60. The van der Waals surface area contributed by atoms with E-state index in [4.69, 9.17) is 13.3 Å². The molecular formula is C16H35N2O4Si+. The maximum Gasteiger partial charge on any atom is 0.500 e. The number of carbonyl (C=O) groups excluding carboxylic acids is 1. The second-order valence-corrected chi connectivity index (χ2v) is 9.93. The summed E-state index contributed by atoms with van der Waals surface area (Å²) in [6.07, 6.45) is 0.906. The fourth-order valence-electron chi connectivity index (χ4n) is 2.80. The van der Waals surface area contributed by atoms with Crippen LogP contribution in [0.4, 0.5) is 0 Å². The van der Waals surface area contributed by atoms with Crippen LogP contribution in [0.1, 0.15) is 27.2 Å². The first kappa shape index (κ1) is 22.3. The fourth-order valence-corrected chi connectivity index (χ4v) is 4.51. The molecule has 0 heterocycles. The van der Waals surface area contributed by atoms with Crippen molar-refractivity contribution in [2.24, 2.45) is 5.92 Å². The molecular weight excluding hydrogens is 312 g/mol. The summed E-state index contributed by atoms with van der Waals surface area (Å²) >= 11 is 0. The molecule has 0 aromatic rings. The van der Waals surface area contributed by atoms with E-state index in [0.717, 1.165) is 19.0 Å². The molecule has 0 radical (unpaired) electrons. The first-order valence-electron chi connectivity index (χ1n) is 7.99. The number of nitrogens with one attached hydrogen (secondary N) is 1. The number of nitrogens with zero attached hydrogens (tertiary/aromatic N) is 1. The number of hydrogen-bond donors (Lipinski definition) is 1. The maximum atomic E-state index is 12.0. The predicted octanol–water partition coefficient (Wildman–Crippen LogP) is 2.01. The topological polar surface area (TPSA) is 56.8 Å². The summed E-state index contributed by atoms with van der Waals surface area (Å²) in [5, 5.41) is 3.10. The molecule has 0 aliphatic rings. The summed E-state index contributed by atoms with van der Waals surface area (Å²) in [7, 11) is 6.59. The molecule has 0 rings (SSSR count). The van der Waals surface area contributed by atoms with Gasteiger partial charge in [-0.3, -0.25) is 4.79 Å². The van der Waals surface area contributed by atoms with E-state index >= 15 is 0 Å². The molecule has 0 fully saturated rings. The highest BCUT2D eigenvalue weighted by molar-refractivity contribution is 6.60. The standard InChI is InChI=1S/C16H34N2O4Si/c1-13(2)15(17-16(19)14(3)4)18(5,6)11-10-12-23(20-7,21-8)22-9/h13,15H,3,10-12H2,1-2,4-9H3/p+1. The number of carbonyl (C=O) groups is 1. The molecule has 1 amide bonds. The Balaban J connectivity index is 4.85. The Kier molecular flexibility index (Phi) is 9.23. The van der Waals surface area contributed by atoms with Crippen LogP contribution in [-0.4, -0.2) is 67.3 Å². The van der Waals surface area contributed by atoms with E-state index in [1.807, 2.05) is 0 Å². The van der Waals surface area contributed by atoms with Crippen LogP contribution in [0.3, 0.4) is 0 Å². The smallest absolute Gasteiger partial charge is 0.377 e. The Bertz CT molecular complexity index is 387.